The second-order valence-electron chi connectivity index (χ2n) is 4.35. The van der Waals surface area contributed by atoms with Crippen LogP contribution in [-0.4, -0.2) is 11.5 Å². The van der Waals surface area contributed by atoms with Crippen LogP contribution >= 0.6 is 11.3 Å². The van der Waals surface area contributed by atoms with E-state index >= 15 is 0 Å². The summed E-state index contributed by atoms with van der Waals surface area (Å²) in [5.41, 5.74) is 8.87. The lowest BCUT2D eigenvalue weighted by Crippen LogP contribution is -2.06. The summed E-state index contributed by atoms with van der Waals surface area (Å²) in [6, 6.07) is 12.1. The van der Waals surface area contributed by atoms with Gasteiger partial charge in [-0.15, -0.1) is 11.3 Å². The van der Waals surface area contributed by atoms with E-state index in [2.05, 4.69) is 27.8 Å². The highest BCUT2D eigenvalue weighted by Gasteiger charge is 2.04. The zero-order valence-corrected chi connectivity index (χ0v) is 11.3. The van der Waals surface area contributed by atoms with E-state index in [0.29, 0.717) is 0 Å². The van der Waals surface area contributed by atoms with Crippen LogP contribution in [0.5, 0.6) is 0 Å². The van der Waals surface area contributed by atoms with E-state index in [0.717, 1.165) is 35.2 Å². The number of fused-ring (bicyclic) bond motifs is 1. The van der Waals surface area contributed by atoms with Crippen molar-refractivity contribution in [1.29, 1.82) is 0 Å². The molecule has 0 bridgehead atoms. The largest absolute Gasteiger partial charge is 0.397 e. The minimum absolute atomic E-state index is 0.775. The Hall–Kier alpha value is -2.07. The maximum atomic E-state index is 6.18. The van der Waals surface area contributed by atoms with Gasteiger partial charge in [-0.1, -0.05) is 6.07 Å². The molecule has 3 N–H and O–H groups in total. The van der Waals surface area contributed by atoms with E-state index in [9.17, 15) is 0 Å². The molecule has 0 spiro atoms. The Morgan fingerprint density at radius 3 is 2.95 bits per heavy atom. The fourth-order valence-electron chi connectivity index (χ4n) is 2.10. The van der Waals surface area contributed by atoms with E-state index in [4.69, 9.17) is 5.73 Å². The average molecular weight is 269 g/mol. The zero-order valence-electron chi connectivity index (χ0n) is 10.5. The molecule has 0 atom stereocenters. The van der Waals surface area contributed by atoms with Gasteiger partial charge in [0.25, 0.3) is 0 Å². The smallest absolute Gasteiger partial charge is 0.0724 e. The molecule has 2 aromatic heterocycles. The number of nitrogen functional groups attached to an aromatic ring is 1. The third-order valence-corrected chi connectivity index (χ3v) is 4.03. The van der Waals surface area contributed by atoms with Crippen LogP contribution in [0.3, 0.4) is 0 Å². The number of pyridine rings is 1. The minimum atomic E-state index is 0.775. The first kappa shape index (κ1) is 12.0. The normalized spacial score (nSPS) is 10.7. The van der Waals surface area contributed by atoms with Crippen LogP contribution < -0.4 is 11.1 Å². The van der Waals surface area contributed by atoms with Gasteiger partial charge in [-0.2, -0.15) is 0 Å². The van der Waals surface area contributed by atoms with Gasteiger partial charge in [0.1, 0.15) is 0 Å². The van der Waals surface area contributed by atoms with Gasteiger partial charge in [-0.05, 0) is 42.1 Å². The summed E-state index contributed by atoms with van der Waals surface area (Å²) in [6.07, 6.45) is 2.80. The molecule has 0 aliphatic heterocycles. The first-order valence-corrected chi connectivity index (χ1v) is 7.12. The number of nitrogens with zero attached hydrogens (tertiary/aromatic N) is 1. The number of anilines is 2. The number of nitrogens with two attached hydrogens (primary N) is 1. The molecule has 3 rings (SSSR count). The number of nitrogens with one attached hydrogen (secondary N) is 1. The van der Waals surface area contributed by atoms with Crippen LogP contribution in [0.2, 0.25) is 0 Å². The summed E-state index contributed by atoms with van der Waals surface area (Å²) in [7, 11) is 0. The second-order valence-corrected chi connectivity index (χ2v) is 5.39. The van der Waals surface area contributed by atoms with Crippen molar-refractivity contribution in [3.8, 4) is 0 Å². The predicted octanol–water partition coefficient (Wildman–Crippen LogP) is 3.53. The van der Waals surface area contributed by atoms with Crippen LogP contribution in [-0.2, 0) is 6.42 Å². The van der Waals surface area contributed by atoms with Crippen molar-refractivity contribution >= 4 is 33.6 Å². The van der Waals surface area contributed by atoms with Gasteiger partial charge in [-0.25, -0.2) is 0 Å². The Morgan fingerprint density at radius 1 is 1.16 bits per heavy atom. The Labute approximate surface area is 116 Å². The van der Waals surface area contributed by atoms with Crippen molar-refractivity contribution < 1.29 is 0 Å². The Balaban J connectivity index is 1.76. The van der Waals surface area contributed by atoms with Gasteiger partial charge in [-0.3, -0.25) is 4.98 Å². The third-order valence-electron chi connectivity index (χ3n) is 3.09. The van der Waals surface area contributed by atoms with Crippen molar-refractivity contribution in [2.24, 2.45) is 0 Å². The first-order chi connectivity index (χ1) is 9.34. The molecule has 0 aliphatic carbocycles. The lowest BCUT2D eigenvalue weighted by atomic mass is 10.1. The molecule has 1 aromatic carbocycles. The molecular formula is C15H15N3S. The molecule has 0 saturated heterocycles. The van der Waals surface area contributed by atoms with Crippen molar-refractivity contribution in [2.45, 2.75) is 6.42 Å². The molecule has 0 saturated carbocycles. The number of thiophene rings is 1. The summed E-state index contributed by atoms with van der Waals surface area (Å²) >= 11 is 1.78. The highest BCUT2D eigenvalue weighted by molar-refractivity contribution is 7.09. The topological polar surface area (TPSA) is 50.9 Å². The molecule has 4 heteroatoms. The van der Waals surface area contributed by atoms with Crippen LogP contribution in [0.1, 0.15) is 4.88 Å². The van der Waals surface area contributed by atoms with Gasteiger partial charge in [0.2, 0.25) is 0 Å². The molecule has 0 aliphatic rings. The summed E-state index contributed by atoms with van der Waals surface area (Å²) in [5, 5.41) is 6.50. The fraction of sp³-hybridized carbons (Fsp3) is 0.133. The molecule has 96 valence electrons. The van der Waals surface area contributed by atoms with E-state index in [1.165, 1.54) is 4.88 Å². The van der Waals surface area contributed by atoms with Crippen molar-refractivity contribution in [3.05, 3.63) is 52.9 Å². The molecular weight excluding hydrogens is 254 g/mol. The van der Waals surface area contributed by atoms with Crippen molar-refractivity contribution in [1.82, 2.24) is 4.98 Å². The van der Waals surface area contributed by atoms with E-state index < -0.39 is 0 Å². The van der Waals surface area contributed by atoms with Gasteiger partial charge < -0.3 is 11.1 Å². The van der Waals surface area contributed by atoms with Crippen molar-refractivity contribution in [3.63, 3.8) is 0 Å². The molecule has 2 heterocycles. The van der Waals surface area contributed by atoms with Crippen LogP contribution in [0.25, 0.3) is 10.9 Å². The summed E-state index contributed by atoms with van der Waals surface area (Å²) < 4.78 is 0. The zero-order chi connectivity index (χ0) is 13.1. The number of hydrogen-bond acceptors (Lipinski definition) is 4. The van der Waals surface area contributed by atoms with E-state index in [1.807, 2.05) is 24.3 Å². The third kappa shape index (κ3) is 2.53. The molecule has 19 heavy (non-hydrogen) atoms. The number of aromatic nitrogens is 1. The quantitative estimate of drug-likeness (QED) is 0.712. The summed E-state index contributed by atoms with van der Waals surface area (Å²) in [6.45, 7) is 0.885. The number of benzene rings is 1. The maximum absolute atomic E-state index is 6.18. The molecule has 0 amide bonds. The number of hydrogen-bond donors (Lipinski definition) is 2. The molecule has 3 aromatic rings. The van der Waals surface area contributed by atoms with Crippen molar-refractivity contribution in [2.75, 3.05) is 17.6 Å². The number of rotatable bonds is 4. The minimum Gasteiger partial charge on any atom is -0.397 e. The highest BCUT2D eigenvalue weighted by Crippen LogP contribution is 2.27. The highest BCUT2D eigenvalue weighted by atomic mass is 32.1. The SMILES string of the molecule is Nc1c(NCCc2cccs2)ccc2ncccc12. The standard InChI is InChI=1S/C15H15N3S/c16-15-12-4-1-8-17-13(12)5-6-14(15)18-9-7-11-3-2-10-19-11/h1-6,8,10,18H,7,9,16H2. The van der Waals surface area contributed by atoms with Gasteiger partial charge >= 0.3 is 0 Å². The molecule has 3 nitrogen and oxygen atoms in total. The van der Waals surface area contributed by atoms with Gasteiger partial charge in [0.15, 0.2) is 0 Å². The Kier molecular flexibility index (Phi) is 3.33. The van der Waals surface area contributed by atoms with Crippen LogP contribution in [0.15, 0.2) is 48.0 Å². The second kappa shape index (κ2) is 5.28. The first-order valence-electron chi connectivity index (χ1n) is 6.24. The summed E-state index contributed by atoms with van der Waals surface area (Å²) in [5.74, 6) is 0. The average Bonchev–Trinajstić information content (AvgIpc) is 2.95. The lowest BCUT2D eigenvalue weighted by molar-refractivity contribution is 1.05. The van der Waals surface area contributed by atoms with Crippen LogP contribution in [0, 0.1) is 0 Å². The fourth-order valence-corrected chi connectivity index (χ4v) is 2.81. The molecule has 0 unspecified atom stereocenters. The molecule has 0 fully saturated rings. The Bertz CT molecular complexity index is 677. The predicted molar refractivity (Wildman–Crippen MR) is 82.7 cm³/mol. The maximum Gasteiger partial charge on any atom is 0.0724 e. The lowest BCUT2D eigenvalue weighted by Gasteiger charge is -2.10. The van der Waals surface area contributed by atoms with Gasteiger partial charge in [0.05, 0.1) is 16.9 Å². The van der Waals surface area contributed by atoms with E-state index in [-0.39, 0.29) is 0 Å². The van der Waals surface area contributed by atoms with Crippen LogP contribution in [0.4, 0.5) is 11.4 Å². The molecule has 0 radical (unpaired) electrons. The monoisotopic (exact) mass is 269 g/mol. The Morgan fingerprint density at radius 2 is 2.11 bits per heavy atom. The van der Waals surface area contributed by atoms with E-state index in [1.54, 1.807) is 17.5 Å². The summed E-state index contributed by atoms with van der Waals surface area (Å²) in [4.78, 5) is 5.68. The van der Waals surface area contributed by atoms with Gasteiger partial charge in [0, 0.05) is 23.0 Å².